The Kier molecular flexibility index (Phi) is 6.30. The molecule has 0 saturated heterocycles. The topological polar surface area (TPSA) is 50.4 Å². The van der Waals surface area contributed by atoms with Crippen LogP contribution in [0, 0.1) is 13.8 Å². The van der Waals surface area contributed by atoms with E-state index in [1.54, 1.807) is 11.3 Å². The molecule has 1 heterocycles. The molecule has 0 fully saturated rings. The second-order valence-electron chi connectivity index (χ2n) is 4.20. The molecule has 0 radical (unpaired) electrons. The van der Waals surface area contributed by atoms with Crippen LogP contribution in [0.15, 0.2) is 41.4 Å². The number of aliphatic imine (C=N–C) groups is 1. The molecular formula is C14H18IN3S. The Hall–Kier alpha value is -1.08. The minimum absolute atomic E-state index is 0. The van der Waals surface area contributed by atoms with Crippen LogP contribution < -0.4 is 11.1 Å². The van der Waals surface area contributed by atoms with Crippen LogP contribution in [0.25, 0.3) is 0 Å². The average Bonchev–Trinajstić information content (AvgIpc) is 2.76. The van der Waals surface area contributed by atoms with Gasteiger partial charge in [0.15, 0.2) is 5.96 Å². The normalized spacial score (nSPS) is 10.9. The molecule has 1 aromatic carbocycles. The largest absolute Gasteiger partial charge is 0.370 e. The van der Waals surface area contributed by atoms with E-state index in [2.05, 4.69) is 36.3 Å². The molecule has 0 saturated carbocycles. The average molecular weight is 387 g/mol. The van der Waals surface area contributed by atoms with E-state index in [9.17, 15) is 0 Å². The summed E-state index contributed by atoms with van der Waals surface area (Å²) in [5, 5.41) is 3.08. The van der Waals surface area contributed by atoms with E-state index >= 15 is 0 Å². The fourth-order valence-corrected chi connectivity index (χ4v) is 2.37. The first-order valence-electron chi connectivity index (χ1n) is 5.82. The lowest BCUT2D eigenvalue weighted by Gasteiger charge is -2.05. The van der Waals surface area contributed by atoms with Gasteiger partial charge < -0.3 is 11.1 Å². The van der Waals surface area contributed by atoms with E-state index in [-0.39, 0.29) is 24.0 Å². The van der Waals surface area contributed by atoms with Crippen molar-refractivity contribution in [3.63, 3.8) is 0 Å². The van der Waals surface area contributed by atoms with Crippen LogP contribution in [0.1, 0.15) is 15.3 Å². The second kappa shape index (κ2) is 7.49. The van der Waals surface area contributed by atoms with Gasteiger partial charge in [0.05, 0.1) is 6.54 Å². The van der Waals surface area contributed by atoms with Crippen LogP contribution in [0.2, 0.25) is 0 Å². The molecule has 0 amide bonds. The summed E-state index contributed by atoms with van der Waals surface area (Å²) in [6, 6.07) is 12.2. The quantitative estimate of drug-likeness (QED) is 0.477. The van der Waals surface area contributed by atoms with Crippen molar-refractivity contribution in [2.45, 2.75) is 20.4 Å². The summed E-state index contributed by atoms with van der Waals surface area (Å²) in [5.41, 5.74) is 8.03. The molecule has 0 atom stereocenters. The smallest absolute Gasteiger partial charge is 0.193 e. The van der Waals surface area contributed by atoms with Crippen LogP contribution in [0.5, 0.6) is 0 Å². The molecule has 0 spiro atoms. The van der Waals surface area contributed by atoms with Crippen LogP contribution in [0.3, 0.4) is 0 Å². The SMILES string of the molecule is Cc1ccc(NC(N)=NCc2ccc(C)s2)cc1.I. The number of aryl methyl sites for hydroxylation is 2. The van der Waals surface area contributed by atoms with Gasteiger partial charge in [0, 0.05) is 15.4 Å². The fourth-order valence-electron chi connectivity index (χ4n) is 1.56. The third-order valence-corrected chi connectivity index (χ3v) is 3.51. The number of halogens is 1. The van der Waals surface area contributed by atoms with Gasteiger partial charge in [-0.25, -0.2) is 4.99 Å². The molecule has 2 rings (SSSR count). The zero-order valence-corrected chi connectivity index (χ0v) is 14.2. The Bertz CT molecular complexity index is 546. The van der Waals surface area contributed by atoms with Crippen molar-refractivity contribution in [1.29, 1.82) is 0 Å². The molecule has 3 nitrogen and oxygen atoms in total. The fraction of sp³-hybridized carbons (Fsp3) is 0.214. The Labute approximate surface area is 135 Å². The first kappa shape index (κ1) is 16.0. The van der Waals surface area contributed by atoms with Crippen molar-refractivity contribution in [2.75, 3.05) is 5.32 Å². The number of benzene rings is 1. The number of nitrogens with zero attached hydrogens (tertiary/aromatic N) is 1. The maximum atomic E-state index is 5.84. The van der Waals surface area contributed by atoms with Crippen molar-refractivity contribution in [3.05, 3.63) is 51.7 Å². The molecule has 0 bridgehead atoms. The van der Waals surface area contributed by atoms with Crippen LogP contribution in [-0.4, -0.2) is 5.96 Å². The Morgan fingerprint density at radius 1 is 1.16 bits per heavy atom. The van der Waals surface area contributed by atoms with Crippen molar-refractivity contribution >= 4 is 47.0 Å². The van der Waals surface area contributed by atoms with Crippen molar-refractivity contribution in [1.82, 2.24) is 0 Å². The molecule has 0 aliphatic carbocycles. The number of guanidine groups is 1. The maximum absolute atomic E-state index is 5.84. The molecule has 1 aromatic heterocycles. The predicted molar refractivity (Wildman–Crippen MR) is 94.6 cm³/mol. The molecule has 0 aliphatic rings. The van der Waals surface area contributed by atoms with Crippen LogP contribution in [0.4, 0.5) is 5.69 Å². The van der Waals surface area contributed by atoms with Crippen LogP contribution >= 0.6 is 35.3 Å². The van der Waals surface area contributed by atoms with E-state index in [1.807, 2.05) is 24.3 Å². The van der Waals surface area contributed by atoms with Crippen molar-refractivity contribution < 1.29 is 0 Å². The first-order chi connectivity index (χ1) is 8.63. The van der Waals surface area contributed by atoms with Gasteiger partial charge >= 0.3 is 0 Å². The summed E-state index contributed by atoms with van der Waals surface area (Å²) in [6.45, 7) is 4.77. The third kappa shape index (κ3) is 5.20. The van der Waals surface area contributed by atoms with Crippen molar-refractivity contribution in [3.8, 4) is 0 Å². The van der Waals surface area contributed by atoms with Gasteiger partial charge in [0.2, 0.25) is 0 Å². The molecule has 0 unspecified atom stereocenters. The van der Waals surface area contributed by atoms with Gasteiger partial charge in [-0.3, -0.25) is 0 Å². The van der Waals surface area contributed by atoms with E-state index in [1.165, 1.54) is 15.3 Å². The highest BCUT2D eigenvalue weighted by molar-refractivity contribution is 14.0. The van der Waals surface area contributed by atoms with Gasteiger partial charge in [-0.1, -0.05) is 17.7 Å². The molecule has 102 valence electrons. The lowest BCUT2D eigenvalue weighted by atomic mass is 10.2. The number of thiophene rings is 1. The van der Waals surface area contributed by atoms with Gasteiger partial charge in [0.25, 0.3) is 0 Å². The minimum atomic E-state index is 0. The number of nitrogens with one attached hydrogen (secondary N) is 1. The molecule has 3 N–H and O–H groups in total. The molecule has 5 heteroatoms. The summed E-state index contributed by atoms with van der Waals surface area (Å²) in [7, 11) is 0. The number of nitrogens with two attached hydrogens (primary N) is 1. The van der Waals surface area contributed by atoms with Gasteiger partial charge in [0.1, 0.15) is 0 Å². The van der Waals surface area contributed by atoms with E-state index in [0.717, 1.165) is 5.69 Å². The highest BCUT2D eigenvalue weighted by atomic mass is 127. The molecule has 2 aromatic rings. The van der Waals surface area contributed by atoms with Gasteiger partial charge in [-0.15, -0.1) is 35.3 Å². The monoisotopic (exact) mass is 387 g/mol. The Morgan fingerprint density at radius 2 is 1.84 bits per heavy atom. The number of hydrogen-bond acceptors (Lipinski definition) is 2. The van der Waals surface area contributed by atoms with Gasteiger partial charge in [-0.05, 0) is 38.1 Å². The summed E-state index contributed by atoms with van der Waals surface area (Å²) in [6.07, 6.45) is 0. The standard InChI is InChI=1S/C14H17N3S.HI/c1-10-3-6-12(7-4-10)17-14(15)16-9-13-8-5-11(2)18-13;/h3-8H,9H2,1-2H3,(H3,15,16,17);1H. The summed E-state index contributed by atoms with van der Waals surface area (Å²) in [5.74, 6) is 0.449. The number of hydrogen-bond donors (Lipinski definition) is 2. The minimum Gasteiger partial charge on any atom is -0.370 e. The Morgan fingerprint density at radius 3 is 2.42 bits per heavy atom. The zero-order valence-electron chi connectivity index (χ0n) is 11.0. The van der Waals surface area contributed by atoms with E-state index in [4.69, 9.17) is 5.73 Å². The van der Waals surface area contributed by atoms with Crippen LogP contribution in [-0.2, 0) is 6.54 Å². The third-order valence-electron chi connectivity index (χ3n) is 2.53. The van der Waals surface area contributed by atoms with Gasteiger partial charge in [-0.2, -0.15) is 0 Å². The molecule has 0 aliphatic heterocycles. The highest BCUT2D eigenvalue weighted by Gasteiger charge is 1.97. The first-order valence-corrected chi connectivity index (χ1v) is 6.64. The maximum Gasteiger partial charge on any atom is 0.193 e. The zero-order chi connectivity index (χ0) is 13.0. The lowest BCUT2D eigenvalue weighted by Crippen LogP contribution is -2.22. The highest BCUT2D eigenvalue weighted by Crippen LogP contribution is 2.15. The predicted octanol–water partition coefficient (Wildman–Crippen LogP) is 3.91. The summed E-state index contributed by atoms with van der Waals surface area (Å²) in [4.78, 5) is 6.84. The number of rotatable bonds is 3. The lowest BCUT2D eigenvalue weighted by molar-refractivity contribution is 1.09. The van der Waals surface area contributed by atoms with E-state index < -0.39 is 0 Å². The van der Waals surface area contributed by atoms with Crippen molar-refractivity contribution in [2.24, 2.45) is 10.7 Å². The summed E-state index contributed by atoms with van der Waals surface area (Å²) < 4.78 is 0. The number of anilines is 1. The Balaban J connectivity index is 0.00000180. The molecular weight excluding hydrogens is 369 g/mol. The van der Waals surface area contributed by atoms with E-state index in [0.29, 0.717) is 12.5 Å². The second-order valence-corrected chi connectivity index (χ2v) is 5.58. The summed E-state index contributed by atoms with van der Waals surface area (Å²) >= 11 is 1.75. The molecule has 19 heavy (non-hydrogen) atoms.